The highest BCUT2D eigenvalue weighted by molar-refractivity contribution is 5.94. The third-order valence-corrected chi connectivity index (χ3v) is 2.90. The summed E-state index contributed by atoms with van der Waals surface area (Å²) in [6.45, 7) is -0.209. The first-order valence-corrected chi connectivity index (χ1v) is 6.77. The number of hydrogen-bond donors (Lipinski definition) is 1. The van der Waals surface area contributed by atoms with Crippen molar-refractivity contribution in [3.05, 3.63) is 52.7 Å². The Labute approximate surface area is 132 Å². The van der Waals surface area contributed by atoms with Crippen molar-refractivity contribution in [2.24, 2.45) is 0 Å². The van der Waals surface area contributed by atoms with Gasteiger partial charge in [-0.1, -0.05) is 0 Å². The molecule has 0 unspecified atom stereocenters. The molecule has 120 valence electrons. The topological polar surface area (TPSA) is 97.6 Å². The molecule has 1 aromatic carbocycles. The highest BCUT2D eigenvalue weighted by Gasteiger charge is 2.10. The van der Waals surface area contributed by atoms with Gasteiger partial charge in [0.05, 0.1) is 10.6 Å². The molecule has 0 saturated heterocycles. The van der Waals surface area contributed by atoms with Gasteiger partial charge in [0.1, 0.15) is 5.75 Å². The van der Waals surface area contributed by atoms with E-state index in [1.165, 1.54) is 24.3 Å². The number of benzene rings is 1. The maximum Gasteiger partial charge on any atom is 0.269 e. The molecule has 0 bridgehead atoms. The fourth-order valence-electron chi connectivity index (χ4n) is 1.85. The van der Waals surface area contributed by atoms with Crippen molar-refractivity contribution in [2.45, 2.75) is 0 Å². The normalized spacial score (nSPS) is 10.0. The SMILES string of the molecule is CN(C)c1ncccc1NC(=O)COc1ccc([N+](=O)[O-])cc1. The zero-order valence-electron chi connectivity index (χ0n) is 12.7. The van der Waals surface area contributed by atoms with Crippen LogP contribution in [-0.2, 0) is 4.79 Å². The Kier molecular flexibility index (Phi) is 5.08. The van der Waals surface area contributed by atoms with E-state index < -0.39 is 4.92 Å². The molecule has 8 heteroatoms. The fraction of sp³-hybridized carbons (Fsp3) is 0.200. The smallest absolute Gasteiger partial charge is 0.269 e. The molecule has 0 saturated carbocycles. The van der Waals surface area contributed by atoms with E-state index in [1.807, 2.05) is 14.1 Å². The van der Waals surface area contributed by atoms with Gasteiger partial charge >= 0.3 is 0 Å². The number of carbonyl (C=O) groups is 1. The molecule has 0 spiro atoms. The average Bonchev–Trinajstić information content (AvgIpc) is 2.53. The molecule has 23 heavy (non-hydrogen) atoms. The second kappa shape index (κ2) is 7.21. The molecule has 2 rings (SSSR count). The van der Waals surface area contributed by atoms with Gasteiger partial charge in [-0.15, -0.1) is 0 Å². The van der Waals surface area contributed by atoms with Crippen molar-refractivity contribution in [3.63, 3.8) is 0 Å². The molecule has 1 N–H and O–H groups in total. The standard InChI is InChI=1S/C15H16N4O4/c1-18(2)15-13(4-3-9-16-15)17-14(20)10-23-12-7-5-11(6-8-12)19(21)22/h3-9H,10H2,1-2H3,(H,17,20). The van der Waals surface area contributed by atoms with Gasteiger partial charge < -0.3 is 15.0 Å². The lowest BCUT2D eigenvalue weighted by Gasteiger charge is -2.16. The molecular formula is C15H16N4O4. The van der Waals surface area contributed by atoms with E-state index in [1.54, 1.807) is 23.2 Å². The average molecular weight is 316 g/mol. The number of pyridine rings is 1. The van der Waals surface area contributed by atoms with Crippen LogP contribution >= 0.6 is 0 Å². The van der Waals surface area contributed by atoms with Crippen LogP contribution in [0.4, 0.5) is 17.2 Å². The minimum atomic E-state index is -0.498. The summed E-state index contributed by atoms with van der Waals surface area (Å²) < 4.78 is 5.31. The highest BCUT2D eigenvalue weighted by atomic mass is 16.6. The van der Waals surface area contributed by atoms with E-state index in [4.69, 9.17) is 4.74 Å². The Balaban J connectivity index is 1.94. The zero-order chi connectivity index (χ0) is 16.8. The van der Waals surface area contributed by atoms with E-state index in [9.17, 15) is 14.9 Å². The zero-order valence-corrected chi connectivity index (χ0v) is 12.7. The monoisotopic (exact) mass is 316 g/mol. The lowest BCUT2D eigenvalue weighted by atomic mass is 10.3. The molecule has 0 aliphatic heterocycles. The first-order valence-electron chi connectivity index (χ1n) is 6.77. The lowest BCUT2D eigenvalue weighted by Crippen LogP contribution is -2.22. The maximum atomic E-state index is 11.9. The van der Waals surface area contributed by atoms with E-state index in [0.29, 0.717) is 17.3 Å². The van der Waals surface area contributed by atoms with Crippen molar-refractivity contribution < 1.29 is 14.5 Å². The molecule has 2 aromatic rings. The Morgan fingerprint density at radius 2 is 2.00 bits per heavy atom. The number of anilines is 2. The van der Waals surface area contributed by atoms with Crippen molar-refractivity contribution in [1.82, 2.24) is 4.98 Å². The minimum absolute atomic E-state index is 0.0345. The molecule has 8 nitrogen and oxygen atoms in total. The third-order valence-electron chi connectivity index (χ3n) is 2.90. The van der Waals surface area contributed by atoms with Crippen LogP contribution in [0.1, 0.15) is 0 Å². The highest BCUT2D eigenvalue weighted by Crippen LogP contribution is 2.20. The summed E-state index contributed by atoms with van der Waals surface area (Å²) in [5.41, 5.74) is 0.544. The van der Waals surface area contributed by atoms with Gasteiger partial charge in [0, 0.05) is 32.4 Å². The predicted molar refractivity (Wildman–Crippen MR) is 85.8 cm³/mol. The van der Waals surface area contributed by atoms with Gasteiger partial charge in [-0.05, 0) is 24.3 Å². The first kappa shape index (κ1) is 16.2. The molecule has 0 atom stereocenters. The number of nitro benzene ring substituents is 1. The number of carbonyl (C=O) groups excluding carboxylic acids is 1. The van der Waals surface area contributed by atoms with Crippen molar-refractivity contribution in [2.75, 3.05) is 30.9 Å². The van der Waals surface area contributed by atoms with Crippen molar-refractivity contribution in [3.8, 4) is 5.75 Å². The van der Waals surface area contributed by atoms with E-state index in [-0.39, 0.29) is 18.2 Å². The van der Waals surface area contributed by atoms with Crippen LogP contribution in [0.15, 0.2) is 42.6 Å². The summed E-state index contributed by atoms with van der Waals surface area (Å²) >= 11 is 0. The second-order valence-corrected chi connectivity index (χ2v) is 4.86. The van der Waals surface area contributed by atoms with E-state index in [2.05, 4.69) is 10.3 Å². The quantitative estimate of drug-likeness (QED) is 0.647. The maximum absolute atomic E-state index is 11.9. The summed E-state index contributed by atoms with van der Waals surface area (Å²) in [7, 11) is 3.65. The number of rotatable bonds is 6. The summed E-state index contributed by atoms with van der Waals surface area (Å²) in [6.07, 6.45) is 1.64. The molecule has 1 heterocycles. The summed E-state index contributed by atoms with van der Waals surface area (Å²) in [5, 5.41) is 13.3. The van der Waals surface area contributed by atoms with Crippen LogP contribution in [0.3, 0.4) is 0 Å². The van der Waals surface area contributed by atoms with Crippen LogP contribution in [0, 0.1) is 10.1 Å². The molecule has 1 amide bonds. The summed E-state index contributed by atoms with van der Waals surface area (Å²) in [6, 6.07) is 8.99. The number of hydrogen-bond acceptors (Lipinski definition) is 6. The van der Waals surface area contributed by atoms with Gasteiger partial charge in [-0.3, -0.25) is 14.9 Å². The predicted octanol–water partition coefficient (Wildman–Crippen LogP) is 2.07. The molecule has 0 aliphatic carbocycles. The molecule has 0 fully saturated rings. The molecule has 0 aliphatic rings. The molecule has 0 radical (unpaired) electrons. The minimum Gasteiger partial charge on any atom is -0.484 e. The third kappa shape index (κ3) is 4.40. The number of non-ortho nitro benzene ring substituents is 1. The largest absolute Gasteiger partial charge is 0.484 e. The van der Waals surface area contributed by atoms with Crippen LogP contribution in [0.2, 0.25) is 0 Å². The number of nitrogens with one attached hydrogen (secondary N) is 1. The molecular weight excluding hydrogens is 300 g/mol. The summed E-state index contributed by atoms with van der Waals surface area (Å²) in [5.74, 6) is 0.667. The number of aromatic nitrogens is 1. The van der Waals surface area contributed by atoms with E-state index >= 15 is 0 Å². The number of ether oxygens (including phenoxy) is 1. The van der Waals surface area contributed by atoms with Gasteiger partial charge in [0.25, 0.3) is 11.6 Å². The number of nitro groups is 1. The Morgan fingerprint density at radius 3 is 2.61 bits per heavy atom. The van der Waals surface area contributed by atoms with Crippen LogP contribution in [-0.4, -0.2) is 36.5 Å². The van der Waals surface area contributed by atoms with Gasteiger partial charge in [-0.2, -0.15) is 0 Å². The van der Waals surface area contributed by atoms with E-state index in [0.717, 1.165) is 0 Å². The fourth-order valence-corrected chi connectivity index (χ4v) is 1.85. The van der Waals surface area contributed by atoms with Crippen LogP contribution < -0.4 is 15.0 Å². The molecule has 1 aromatic heterocycles. The van der Waals surface area contributed by atoms with Gasteiger partial charge in [-0.25, -0.2) is 4.98 Å². The Hall–Kier alpha value is -3.16. The second-order valence-electron chi connectivity index (χ2n) is 4.86. The number of nitrogens with zero attached hydrogens (tertiary/aromatic N) is 3. The number of amides is 1. The van der Waals surface area contributed by atoms with Crippen LogP contribution in [0.5, 0.6) is 5.75 Å². The lowest BCUT2D eigenvalue weighted by molar-refractivity contribution is -0.384. The van der Waals surface area contributed by atoms with Gasteiger partial charge in [0.15, 0.2) is 12.4 Å². The Bertz CT molecular complexity index is 701. The van der Waals surface area contributed by atoms with Gasteiger partial charge in [0.2, 0.25) is 0 Å². The first-order chi connectivity index (χ1) is 11.0. The van der Waals surface area contributed by atoms with Crippen LogP contribution in [0.25, 0.3) is 0 Å². The van der Waals surface area contributed by atoms with Crippen molar-refractivity contribution in [1.29, 1.82) is 0 Å². The van der Waals surface area contributed by atoms with Crippen molar-refractivity contribution >= 4 is 23.1 Å². The Morgan fingerprint density at radius 1 is 1.30 bits per heavy atom. The summed E-state index contributed by atoms with van der Waals surface area (Å²) in [4.78, 5) is 28.0.